The number of carbonyl (C=O) groups excluding carboxylic acids is 3. The number of nitrogens with one attached hydrogen (secondary N) is 2. The van der Waals surface area contributed by atoms with Gasteiger partial charge in [-0.3, -0.25) is 14.4 Å². The summed E-state index contributed by atoms with van der Waals surface area (Å²) < 4.78 is 5.70. The SMILES string of the molecule is CC(=O)Nc1cc([C@@H](O)CC[C@H](C)CCCC(=O)COc2ccc(CCCCCC(=N)CC(=O)c3nc(Cl)c(N)nc3N)cc2)ccc1O. The second-order valence-electron chi connectivity index (χ2n) is 12.4. The predicted molar refractivity (Wildman–Crippen MR) is 191 cm³/mol. The van der Waals surface area contributed by atoms with Gasteiger partial charge in [-0.25, -0.2) is 9.97 Å². The summed E-state index contributed by atoms with van der Waals surface area (Å²) in [6.45, 7) is 3.46. The van der Waals surface area contributed by atoms with Crippen LogP contribution in [-0.4, -0.2) is 50.0 Å². The lowest BCUT2D eigenvalue weighted by atomic mass is 9.94. The normalized spacial score (nSPS) is 12.2. The average Bonchev–Trinajstić information content (AvgIpc) is 3.05. The fourth-order valence-corrected chi connectivity index (χ4v) is 5.42. The molecular formula is C36H47ClN6O6. The van der Waals surface area contributed by atoms with Crippen molar-refractivity contribution in [3.8, 4) is 11.5 Å². The van der Waals surface area contributed by atoms with Gasteiger partial charge in [-0.1, -0.05) is 49.6 Å². The Labute approximate surface area is 292 Å². The molecule has 0 unspecified atom stereocenters. The maximum Gasteiger partial charge on any atom is 0.221 e. The van der Waals surface area contributed by atoms with E-state index >= 15 is 0 Å². The van der Waals surface area contributed by atoms with E-state index in [4.69, 9.17) is 33.2 Å². The number of hydrogen-bond donors (Lipinski definition) is 6. The number of aromatic hydroxyl groups is 1. The van der Waals surface area contributed by atoms with Crippen LogP contribution in [-0.2, 0) is 16.0 Å². The molecule has 3 aromatic rings. The number of benzene rings is 2. The van der Waals surface area contributed by atoms with Crippen molar-refractivity contribution in [1.29, 1.82) is 5.41 Å². The van der Waals surface area contributed by atoms with Crippen LogP contribution in [0.1, 0.15) is 106 Å². The summed E-state index contributed by atoms with van der Waals surface area (Å²) in [4.78, 5) is 43.9. The summed E-state index contributed by atoms with van der Waals surface area (Å²) in [6.07, 6.45) is 6.46. The third-order valence-corrected chi connectivity index (χ3v) is 8.39. The summed E-state index contributed by atoms with van der Waals surface area (Å²) in [5, 5.41) is 31.1. The van der Waals surface area contributed by atoms with Gasteiger partial charge in [-0.2, -0.15) is 0 Å². The number of rotatable bonds is 21. The lowest BCUT2D eigenvalue weighted by Gasteiger charge is -2.16. The third-order valence-electron chi connectivity index (χ3n) is 8.11. The summed E-state index contributed by atoms with van der Waals surface area (Å²) in [6, 6.07) is 12.4. The number of aliphatic hydroxyl groups is 1. The minimum absolute atomic E-state index is 0.0168. The molecule has 1 amide bonds. The lowest BCUT2D eigenvalue weighted by molar-refractivity contribution is -0.121. The number of unbranched alkanes of at least 4 members (excludes halogenated alkanes) is 2. The Hall–Kier alpha value is -4.55. The van der Waals surface area contributed by atoms with Gasteiger partial charge in [0, 0.05) is 19.1 Å². The monoisotopic (exact) mass is 694 g/mol. The Kier molecular flexibility index (Phi) is 15.4. The summed E-state index contributed by atoms with van der Waals surface area (Å²) in [7, 11) is 0. The molecule has 13 heteroatoms. The van der Waals surface area contributed by atoms with Gasteiger partial charge in [0.25, 0.3) is 0 Å². The first kappa shape index (κ1) is 38.9. The second-order valence-corrected chi connectivity index (χ2v) is 12.8. The molecule has 2 atom stereocenters. The van der Waals surface area contributed by atoms with E-state index < -0.39 is 11.9 Å². The number of nitrogens with zero attached hydrogens (tertiary/aromatic N) is 2. The number of Topliss-reactive ketones (excluding diaryl/α,β-unsaturated/α-hetero) is 2. The van der Waals surface area contributed by atoms with Gasteiger partial charge in [0.05, 0.1) is 18.2 Å². The zero-order valence-electron chi connectivity index (χ0n) is 28.1. The van der Waals surface area contributed by atoms with E-state index in [9.17, 15) is 24.6 Å². The van der Waals surface area contributed by atoms with E-state index in [1.165, 1.54) is 13.0 Å². The summed E-state index contributed by atoms with van der Waals surface area (Å²) in [5.41, 5.74) is 13.5. The first-order valence-corrected chi connectivity index (χ1v) is 16.9. The maximum atomic E-state index is 12.4. The van der Waals surface area contributed by atoms with Crippen LogP contribution in [0.2, 0.25) is 5.15 Å². The van der Waals surface area contributed by atoms with Crippen molar-refractivity contribution in [1.82, 2.24) is 9.97 Å². The van der Waals surface area contributed by atoms with Crippen molar-refractivity contribution in [2.24, 2.45) is 5.92 Å². The van der Waals surface area contributed by atoms with E-state index in [-0.39, 0.29) is 58.6 Å². The van der Waals surface area contributed by atoms with Crippen molar-refractivity contribution in [3.63, 3.8) is 0 Å². The standard InChI is InChI=1S/C36H47ClN6O6/c1-22(11-17-30(46)25-14-18-31(47)29(19-25)41-23(2)44)7-6-10-27(45)21-49-28-15-12-24(13-16-28)8-4-3-5-9-26(38)20-32(48)33-35(39)43-36(40)34(37)42-33/h12-16,18-19,22,30,38,46-47H,3-11,17,20-21H2,1-2H3,(H,41,44)(H4,39,40,43)/t22-,30+/m1/s1. The summed E-state index contributed by atoms with van der Waals surface area (Å²) in [5.74, 6) is 0.0868. The van der Waals surface area contributed by atoms with Crippen LogP contribution >= 0.6 is 11.6 Å². The molecule has 8 N–H and O–H groups in total. The molecule has 1 aromatic heterocycles. The Morgan fingerprint density at radius 2 is 1.69 bits per heavy atom. The minimum Gasteiger partial charge on any atom is -0.506 e. The first-order chi connectivity index (χ1) is 23.3. The summed E-state index contributed by atoms with van der Waals surface area (Å²) >= 11 is 5.84. The Morgan fingerprint density at radius 1 is 0.959 bits per heavy atom. The van der Waals surface area contributed by atoms with E-state index in [0.29, 0.717) is 42.2 Å². The fraction of sp³-hybridized carbons (Fsp3) is 0.444. The lowest BCUT2D eigenvalue weighted by Crippen LogP contribution is -2.14. The number of ketones is 2. The molecule has 0 aliphatic heterocycles. The molecule has 0 radical (unpaired) electrons. The number of aryl methyl sites for hydroxylation is 1. The molecule has 264 valence electrons. The second kappa shape index (κ2) is 19.4. The number of hydrogen-bond acceptors (Lipinski definition) is 11. The molecule has 0 spiro atoms. The van der Waals surface area contributed by atoms with Crippen molar-refractivity contribution >= 4 is 52.1 Å². The number of carbonyl (C=O) groups is 3. The zero-order valence-corrected chi connectivity index (χ0v) is 28.9. The van der Waals surface area contributed by atoms with Crippen molar-refractivity contribution in [3.05, 3.63) is 64.4 Å². The number of amides is 1. The number of aliphatic hydroxyl groups excluding tert-OH is 1. The van der Waals surface area contributed by atoms with Crippen LogP contribution < -0.4 is 21.5 Å². The highest BCUT2D eigenvalue weighted by Gasteiger charge is 2.18. The molecule has 0 saturated heterocycles. The molecule has 12 nitrogen and oxygen atoms in total. The molecule has 2 aromatic carbocycles. The number of phenolic OH excluding ortho intramolecular Hbond substituents is 1. The number of ether oxygens (including phenoxy) is 1. The van der Waals surface area contributed by atoms with E-state index in [2.05, 4.69) is 22.2 Å². The van der Waals surface area contributed by atoms with Crippen molar-refractivity contribution in [2.45, 2.75) is 90.6 Å². The highest BCUT2D eigenvalue weighted by atomic mass is 35.5. The van der Waals surface area contributed by atoms with Gasteiger partial charge >= 0.3 is 0 Å². The van der Waals surface area contributed by atoms with Crippen LogP contribution in [0.3, 0.4) is 0 Å². The molecule has 0 aliphatic carbocycles. The topological polar surface area (TPSA) is 215 Å². The fourth-order valence-electron chi connectivity index (χ4n) is 5.30. The van der Waals surface area contributed by atoms with Crippen LogP contribution in [0, 0.1) is 11.3 Å². The van der Waals surface area contributed by atoms with Crippen LogP contribution in [0.15, 0.2) is 42.5 Å². The maximum absolute atomic E-state index is 12.4. The van der Waals surface area contributed by atoms with Gasteiger partial charge in [-0.05, 0) is 86.3 Å². The number of aromatic nitrogens is 2. The molecule has 0 saturated carbocycles. The first-order valence-electron chi connectivity index (χ1n) is 16.5. The average molecular weight is 695 g/mol. The molecule has 0 aliphatic rings. The van der Waals surface area contributed by atoms with Crippen molar-refractivity contribution in [2.75, 3.05) is 23.4 Å². The molecule has 1 heterocycles. The van der Waals surface area contributed by atoms with Crippen molar-refractivity contribution < 1.29 is 29.3 Å². The predicted octanol–water partition coefficient (Wildman–Crippen LogP) is 6.62. The number of nitrogen functional groups attached to an aromatic ring is 2. The van der Waals surface area contributed by atoms with E-state index in [1.807, 2.05) is 24.3 Å². The van der Waals surface area contributed by atoms with Gasteiger partial charge in [0.2, 0.25) is 5.91 Å². The largest absolute Gasteiger partial charge is 0.506 e. The Bertz CT molecular complexity index is 1600. The Morgan fingerprint density at radius 3 is 2.41 bits per heavy atom. The zero-order chi connectivity index (χ0) is 35.9. The highest BCUT2D eigenvalue weighted by Crippen LogP contribution is 2.30. The number of halogens is 1. The number of anilines is 3. The van der Waals surface area contributed by atoms with Crippen LogP contribution in [0.25, 0.3) is 0 Å². The van der Waals surface area contributed by atoms with Gasteiger partial charge in [-0.15, -0.1) is 0 Å². The minimum atomic E-state index is -0.721. The van der Waals surface area contributed by atoms with Gasteiger partial charge in [0.1, 0.15) is 18.1 Å². The number of phenols is 1. The molecular weight excluding hydrogens is 648 g/mol. The van der Waals surface area contributed by atoms with Gasteiger partial charge in [0.15, 0.2) is 34.0 Å². The van der Waals surface area contributed by atoms with Crippen LogP contribution in [0.4, 0.5) is 17.3 Å². The van der Waals surface area contributed by atoms with E-state index in [1.54, 1.807) is 12.1 Å². The Balaban J connectivity index is 1.25. The van der Waals surface area contributed by atoms with E-state index in [0.717, 1.165) is 50.5 Å². The third kappa shape index (κ3) is 13.5. The smallest absolute Gasteiger partial charge is 0.221 e. The number of nitrogens with two attached hydrogens (primary N) is 2. The van der Waals surface area contributed by atoms with Crippen LogP contribution in [0.5, 0.6) is 11.5 Å². The molecule has 3 rings (SSSR count). The molecule has 0 fully saturated rings. The van der Waals surface area contributed by atoms with Gasteiger partial charge < -0.3 is 37.1 Å². The highest BCUT2D eigenvalue weighted by molar-refractivity contribution is 6.31. The molecule has 49 heavy (non-hydrogen) atoms. The molecule has 0 bridgehead atoms. The quantitative estimate of drug-likeness (QED) is 0.0303.